The molecule has 3 aliphatic rings. The predicted molar refractivity (Wildman–Crippen MR) is 195 cm³/mol. The van der Waals surface area contributed by atoms with E-state index >= 15 is 0 Å². The second kappa shape index (κ2) is 14.5. The first-order chi connectivity index (χ1) is 23.4. The first-order valence-corrected chi connectivity index (χ1v) is 17.9. The third-order valence-corrected chi connectivity index (χ3v) is 9.94. The van der Waals surface area contributed by atoms with E-state index in [9.17, 15) is 9.59 Å². The molecule has 0 spiro atoms. The monoisotopic (exact) mass is 682 g/mol. The number of anilines is 2. The molecule has 0 saturated heterocycles. The lowest BCUT2D eigenvalue weighted by Gasteiger charge is -2.22. The Morgan fingerprint density at radius 3 is 1.44 bits per heavy atom. The summed E-state index contributed by atoms with van der Waals surface area (Å²) in [6.45, 7) is 2.58. The zero-order valence-corrected chi connectivity index (χ0v) is 28.5. The normalized spacial score (nSPS) is 15.9. The van der Waals surface area contributed by atoms with Crippen LogP contribution >= 0.6 is 23.2 Å². The molecule has 7 rings (SSSR count). The number of benzene rings is 2. The van der Waals surface area contributed by atoms with Gasteiger partial charge in [-0.15, -0.1) is 0 Å². The van der Waals surface area contributed by atoms with Gasteiger partial charge >= 0.3 is 0 Å². The highest BCUT2D eigenvalue weighted by molar-refractivity contribution is 6.31. The summed E-state index contributed by atoms with van der Waals surface area (Å²) in [6.07, 6.45) is 13.0. The average Bonchev–Trinajstić information content (AvgIpc) is 3.08. The summed E-state index contributed by atoms with van der Waals surface area (Å²) in [4.78, 5) is 35.5. The number of hydrogen-bond donors (Lipinski definition) is 4. The summed E-state index contributed by atoms with van der Waals surface area (Å²) >= 11 is 12.5. The van der Waals surface area contributed by atoms with Crippen molar-refractivity contribution < 1.29 is 9.59 Å². The molecule has 4 aromatic rings. The van der Waals surface area contributed by atoms with Crippen LogP contribution in [0.3, 0.4) is 0 Å². The average molecular weight is 684 g/mol. The topological polar surface area (TPSA) is 108 Å². The third-order valence-electron chi connectivity index (χ3n) is 9.47. The largest absolute Gasteiger partial charge is 0.384 e. The Morgan fingerprint density at radius 2 is 0.979 bits per heavy atom. The molecule has 4 N–H and O–H groups in total. The Morgan fingerprint density at radius 1 is 0.562 bits per heavy atom. The molecule has 10 heteroatoms. The number of allylic oxidation sites excluding steroid dienone is 2. The fraction of sp³-hybridized carbons (Fsp3) is 0.368. The number of aromatic nitrogens is 2. The lowest BCUT2D eigenvalue weighted by molar-refractivity contribution is -0.115. The second-order valence-electron chi connectivity index (χ2n) is 12.8. The Labute approximate surface area is 290 Å². The van der Waals surface area contributed by atoms with E-state index in [0.29, 0.717) is 34.5 Å². The molecule has 0 bridgehead atoms. The summed E-state index contributed by atoms with van der Waals surface area (Å²) < 4.78 is 0. The molecule has 2 aromatic heterocycles. The van der Waals surface area contributed by atoms with Crippen LogP contribution in [0.1, 0.15) is 61.0 Å². The summed E-state index contributed by atoms with van der Waals surface area (Å²) in [6, 6.07) is 11.8. The van der Waals surface area contributed by atoms with Crippen molar-refractivity contribution in [1.82, 2.24) is 20.6 Å². The summed E-state index contributed by atoms with van der Waals surface area (Å²) in [5, 5.41) is 17.2. The van der Waals surface area contributed by atoms with Crippen LogP contribution in [0.5, 0.6) is 0 Å². The maximum absolute atomic E-state index is 12.9. The molecule has 8 nitrogen and oxygen atoms in total. The minimum absolute atomic E-state index is 0.192. The Kier molecular flexibility index (Phi) is 9.82. The maximum atomic E-state index is 12.9. The lowest BCUT2D eigenvalue weighted by atomic mass is 9.92. The zero-order chi connectivity index (χ0) is 33.0. The highest BCUT2D eigenvalue weighted by atomic mass is 35.5. The van der Waals surface area contributed by atoms with Crippen molar-refractivity contribution in [3.05, 3.63) is 92.5 Å². The van der Waals surface area contributed by atoms with E-state index in [1.54, 1.807) is 0 Å². The van der Waals surface area contributed by atoms with Gasteiger partial charge in [0.25, 0.3) is 0 Å². The molecule has 2 heterocycles. The molecular weight excluding hydrogens is 643 g/mol. The fourth-order valence-electron chi connectivity index (χ4n) is 7.09. The standard InChI is InChI=1S/C38H40Cl2N6O2/c39-23-11-13-27-31(19-23)45-29-9-3-1-7-25(29)37(27)43-17-5-15-41-33-21-36(48)34(22-35(33)47)42-16-6-18-44-38-26-8-2-4-10-30(26)46-32-20-24(40)12-14-28(32)38/h11-14,19-22,41-42H,1-10,15-18H2,(H,43,45)(H,44,46). The lowest BCUT2D eigenvalue weighted by Crippen LogP contribution is -2.31. The highest BCUT2D eigenvalue weighted by Crippen LogP contribution is 2.35. The SMILES string of the molecule is O=C1C=C(NCCCNc2c3c(nc4cc(Cl)ccc24)CCCC3)C(=O)C=C1NCCCNc1c2c(nc3cc(Cl)ccc13)CCCC2. The number of carbonyl (C=O) groups excluding carboxylic acids is 2. The van der Waals surface area contributed by atoms with E-state index in [0.717, 1.165) is 122 Å². The van der Waals surface area contributed by atoms with Crippen molar-refractivity contribution in [2.75, 3.05) is 36.8 Å². The number of fused-ring (bicyclic) bond motifs is 4. The summed E-state index contributed by atoms with van der Waals surface area (Å²) in [7, 11) is 0. The van der Waals surface area contributed by atoms with E-state index < -0.39 is 0 Å². The maximum Gasteiger partial charge on any atom is 0.203 e. The number of nitrogens with zero attached hydrogens (tertiary/aromatic N) is 2. The van der Waals surface area contributed by atoms with Crippen molar-refractivity contribution >= 4 is 67.9 Å². The van der Waals surface area contributed by atoms with Crippen LogP contribution in [0.2, 0.25) is 10.0 Å². The van der Waals surface area contributed by atoms with Gasteiger partial charge in [0.15, 0.2) is 0 Å². The number of carbonyl (C=O) groups is 2. The minimum atomic E-state index is -0.192. The molecule has 2 aromatic carbocycles. The van der Waals surface area contributed by atoms with Crippen molar-refractivity contribution in [3.8, 4) is 0 Å². The number of hydrogen-bond acceptors (Lipinski definition) is 8. The van der Waals surface area contributed by atoms with Crippen molar-refractivity contribution in [2.45, 2.75) is 64.2 Å². The smallest absolute Gasteiger partial charge is 0.203 e. The first kappa shape index (κ1) is 32.4. The molecule has 48 heavy (non-hydrogen) atoms. The van der Waals surface area contributed by atoms with Gasteiger partial charge in [-0.1, -0.05) is 23.2 Å². The van der Waals surface area contributed by atoms with Gasteiger partial charge in [0.1, 0.15) is 0 Å². The first-order valence-electron chi connectivity index (χ1n) is 17.1. The molecule has 0 radical (unpaired) electrons. The van der Waals surface area contributed by atoms with Crippen molar-refractivity contribution in [1.29, 1.82) is 0 Å². The quantitative estimate of drug-likeness (QED) is 0.0914. The highest BCUT2D eigenvalue weighted by Gasteiger charge is 2.22. The van der Waals surface area contributed by atoms with Crippen LogP contribution in [0.15, 0.2) is 59.9 Å². The van der Waals surface area contributed by atoms with Gasteiger partial charge in [-0.05, 0) is 112 Å². The molecular formula is C38H40Cl2N6O2. The Balaban J connectivity index is 0.885. The van der Waals surface area contributed by atoms with E-state index in [4.69, 9.17) is 33.2 Å². The number of halogens is 2. The van der Waals surface area contributed by atoms with Gasteiger partial charge in [0.2, 0.25) is 11.6 Å². The summed E-state index contributed by atoms with van der Waals surface area (Å²) in [5.74, 6) is -0.384. The van der Waals surface area contributed by atoms with Gasteiger partial charge in [0.05, 0.1) is 22.4 Å². The van der Waals surface area contributed by atoms with E-state index in [1.165, 1.54) is 23.3 Å². The number of aryl methyl sites for hydroxylation is 2. The number of nitrogens with one attached hydrogen (secondary N) is 4. The van der Waals surface area contributed by atoms with Crippen LogP contribution in [0.4, 0.5) is 11.4 Å². The van der Waals surface area contributed by atoms with E-state index in [1.807, 2.05) is 36.4 Å². The van der Waals surface area contributed by atoms with Crippen molar-refractivity contribution in [3.63, 3.8) is 0 Å². The minimum Gasteiger partial charge on any atom is -0.384 e. The fourth-order valence-corrected chi connectivity index (χ4v) is 7.42. The van der Waals surface area contributed by atoms with Gasteiger partial charge in [-0.2, -0.15) is 0 Å². The van der Waals surface area contributed by atoms with Gasteiger partial charge < -0.3 is 21.3 Å². The number of pyridine rings is 2. The molecule has 0 saturated carbocycles. The Hall–Kier alpha value is -4.14. The van der Waals surface area contributed by atoms with E-state index in [2.05, 4.69) is 21.3 Å². The summed E-state index contributed by atoms with van der Waals surface area (Å²) in [5.41, 5.74) is 9.71. The molecule has 0 fully saturated rings. The predicted octanol–water partition coefficient (Wildman–Crippen LogP) is 7.25. The van der Waals surface area contributed by atoms with Crippen LogP contribution in [0, 0.1) is 0 Å². The molecule has 0 unspecified atom stereocenters. The van der Waals surface area contributed by atoms with Crippen LogP contribution in [-0.4, -0.2) is 47.7 Å². The van der Waals surface area contributed by atoms with Gasteiger partial charge in [0, 0.05) is 81.9 Å². The second-order valence-corrected chi connectivity index (χ2v) is 13.7. The van der Waals surface area contributed by atoms with Crippen LogP contribution in [-0.2, 0) is 35.3 Å². The molecule has 248 valence electrons. The van der Waals surface area contributed by atoms with Gasteiger partial charge in [-0.25, -0.2) is 0 Å². The van der Waals surface area contributed by atoms with E-state index in [-0.39, 0.29) is 11.6 Å². The molecule has 0 aliphatic heterocycles. The number of rotatable bonds is 12. The third kappa shape index (κ3) is 7.01. The molecule has 0 amide bonds. The number of ketones is 2. The van der Waals surface area contributed by atoms with Crippen molar-refractivity contribution in [2.24, 2.45) is 0 Å². The Bertz CT molecular complexity index is 1830. The van der Waals surface area contributed by atoms with Crippen LogP contribution < -0.4 is 21.3 Å². The molecule has 3 aliphatic carbocycles. The zero-order valence-electron chi connectivity index (χ0n) is 27.0. The van der Waals surface area contributed by atoms with Crippen LogP contribution in [0.25, 0.3) is 21.8 Å². The van der Waals surface area contributed by atoms with Gasteiger partial charge in [-0.3, -0.25) is 19.6 Å². The molecule has 0 atom stereocenters.